The maximum atomic E-state index is 13.4. The van der Waals surface area contributed by atoms with Gasteiger partial charge in [0.2, 0.25) is 21.8 Å². The van der Waals surface area contributed by atoms with Gasteiger partial charge in [-0.3, -0.25) is 13.9 Å². The molecule has 2 rings (SSSR count). The molecule has 0 bridgehead atoms. The van der Waals surface area contributed by atoms with Crippen LogP contribution in [0.1, 0.15) is 31.4 Å². The first-order chi connectivity index (χ1) is 15.1. The fourth-order valence-corrected chi connectivity index (χ4v) is 4.33. The molecule has 2 aromatic carbocycles. The molecule has 0 spiro atoms. The zero-order valence-electron chi connectivity index (χ0n) is 18.8. The Morgan fingerprint density at radius 3 is 2.31 bits per heavy atom. The van der Waals surface area contributed by atoms with E-state index >= 15 is 0 Å². The second kappa shape index (κ2) is 11.3. The maximum absolute atomic E-state index is 13.4. The van der Waals surface area contributed by atoms with Crippen LogP contribution >= 0.6 is 11.6 Å². The first-order valence-electron chi connectivity index (χ1n) is 10.4. The van der Waals surface area contributed by atoms with Crippen LogP contribution in [0.15, 0.2) is 48.5 Å². The lowest BCUT2D eigenvalue weighted by Crippen LogP contribution is -2.51. The number of amides is 2. The molecular formula is C23H30ClN3O4S. The Morgan fingerprint density at radius 1 is 1.09 bits per heavy atom. The van der Waals surface area contributed by atoms with Gasteiger partial charge in [-0.05, 0) is 43.5 Å². The van der Waals surface area contributed by atoms with Crippen molar-refractivity contribution in [2.24, 2.45) is 0 Å². The molecule has 1 N–H and O–H groups in total. The van der Waals surface area contributed by atoms with Crippen LogP contribution in [0.3, 0.4) is 0 Å². The van der Waals surface area contributed by atoms with E-state index in [4.69, 9.17) is 11.6 Å². The summed E-state index contributed by atoms with van der Waals surface area (Å²) in [6.07, 6.45) is 1.81. The van der Waals surface area contributed by atoms with Gasteiger partial charge in [0.05, 0.1) is 11.9 Å². The SMILES string of the molecule is CCCNC(=O)[C@@H](C)N(Cc1ccccc1Cl)C(=O)CN(c1ccccc1C)S(C)(=O)=O. The van der Waals surface area contributed by atoms with Crippen molar-refractivity contribution in [3.8, 4) is 0 Å². The maximum Gasteiger partial charge on any atom is 0.244 e. The first kappa shape index (κ1) is 25.7. The summed E-state index contributed by atoms with van der Waals surface area (Å²) in [7, 11) is -3.75. The number of carbonyl (C=O) groups is 2. The molecule has 0 aliphatic rings. The van der Waals surface area contributed by atoms with Crippen LogP contribution in [0.4, 0.5) is 5.69 Å². The Kier molecular flexibility index (Phi) is 9.09. The highest BCUT2D eigenvalue weighted by Gasteiger charge is 2.30. The predicted molar refractivity (Wildman–Crippen MR) is 128 cm³/mol. The van der Waals surface area contributed by atoms with Gasteiger partial charge >= 0.3 is 0 Å². The van der Waals surface area contributed by atoms with Crippen molar-refractivity contribution in [2.45, 2.75) is 39.8 Å². The number of nitrogens with one attached hydrogen (secondary N) is 1. The Labute approximate surface area is 195 Å². The van der Waals surface area contributed by atoms with Gasteiger partial charge in [-0.15, -0.1) is 0 Å². The minimum atomic E-state index is -3.75. The Morgan fingerprint density at radius 2 is 1.72 bits per heavy atom. The van der Waals surface area contributed by atoms with Crippen LogP contribution in [-0.4, -0.2) is 50.5 Å². The number of halogens is 1. The molecule has 1 atom stereocenters. The lowest BCUT2D eigenvalue weighted by molar-refractivity contribution is -0.139. The summed E-state index contributed by atoms with van der Waals surface area (Å²) >= 11 is 6.29. The Hall–Kier alpha value is -2.58. The Bertz CT molecular complexity index is 1060. The monoisotopic (exact) mass is 479 g/mol. The van der Waals surface area contributed by atoms with Crippen molar-refractivity contribution in [1.82, 2.24) is 10.2 Å². The predicted octanol–water partition coefficient (Wildman–Crippen LogP) is 3.36. The molecule has 9 heteroatoms. The number of sulfonamides is 1. The van der Waals surface area contributed by atoms with Crippen molar-refractivity contribution in [2.75, 3.05) is 23.7 Å². The van der Waals surface area contributed by atoms with Gasteiger partial charge in [0.1, 0.15) is 12.6 Å². The minimum Gasteiger partial charge on any atom is -0.354 e. The van der Waals surface area contributed by atoms with E-state index in [-0.39, 0.29) is 12.5 Å². The van der Waals surface area contributed by atoms with Gasteiger partial charge in [-0.1, -0.05) is 54.9 Å². The minimum absolute atomic E-state index is 0.0740. The van der Waals surface area contributed by atoms with E-state index < -0.39 is 28.5 Å². The van der Waals surface area contributed by atoms with E-state index in [2.05, 4.69) is 5.32 Å². The smallest absolute Gasteiger partial charge is 0.244 e. The lowest BCUT2D eigenvalue weighted by Gasteiger charge is -2.32. The molecule has 0 saturated carbocycles. The van der Waals surface area contributed by atoms with Crippen molar-refractivity contribution < 1.29 is 18.0 Å². The highest BCUT2D eigenvalue weighted by Crippen LogP contribution is 2.23. The standard InChI is InChI=1S/C23H30ClN3O4S/c1-5-14-25-23(29)18(3)26(15-19-11-7-8-12-20(19)24)22(28)16-27(32(4,30)31)21-13-9-6-10-17(21)2/h6-13,18H,5,14-16H2,1-4H3,(H,25,29)/t18-/m1/s1. The number of anilines is 1. The number of hydrogen-bond acceptors (Lipinski definition) is 4. The average Bonchev–Trinajstić information content (AvgIpc) is 2.74. The zero-order chi connectivity index (χ0) is 23.9. The topological polar surface area (TPSA) is 86.8 Å². The molecule has 0 aliphatic carbocycles. The number of nitrogens with zero attached hydrogens (tertiary/aromatic N) is 2. The van der Waals surface area contributed by atoms with E-state index in [1.54, 1.807) is 62.4 Å². The largest absolute Gasteiger partial charge is 0.354 e. The van der Waals surface area contributed by atoms with E-state index in [1.165, 1.54) is 4.90 Å². The summed E-state index contributed by atoms with van der Waals surface area (Å²) in [4.78, 5) is 27.4. The molecule has 7 nitrogen and oxygen atoms in total. The fourth-order valence-electron chi connectivity index (χ4n) is 3.23. The van der Waals surface area contributed by atoms with E-state index in [9.17, 15) is 18.0 Å². The van der Waals surface area contributed by atoms with Gasteiger partial charge in [-0.25, -0.2) is 8.42 Å². The van der Waals surface area contributed by atoms with Crippen molar-refractivity contribution in [3.05, 3.63) is 64.7 Å². The molecule has 0 fully saturated rings. The lowest BCUT2D eigenvalue weighted by atomic mass is 10.1. The zero-order valence-corrected chi connectivity index (χ0v) is 20.4. The summed E-state index contributed by atoms with van der Waals surface area (Å²) in [5.74, 6) is -0.813. The normalized spacial score (nSPS) is 12.2. The van der Waals surface area contributed by atoms with Gasteiger partial charge in [0.15, 0.2) is 0 Å². The van der Waals surface area contributed by atoms with Crippen LogP contribution in [0.5, 0.6) is 0 Å². The highest BCUT2D eigenvalue weighted by atomic mass is 35.5. The number of benzene rings is 2. The summed E-state index contributed by atoms with van der Waals surface area (Å²) in [6.45, 7) is 5.46. The fraction of sp³-hybridized carbons (Fsp3) is 0.391. The van der Waals surface area contributed by atoms with Gasteiger partial charge < -0.3 is 10.2 Å². The number of rotatable bonds is 10. The second-order valence-electron chi connectivity index (χ2n) is 7.64. The summed E-state index contributed by atoms with van der Waals surface area (Å²) < 4.78 is 26.2. The molecule has 0 aliphatic heterocycles. The van der Waals surface area contributed by atoms with Crippen LogP contribution in [-0.2, 0) is 26.2 Å². The van der Waals surface area contributed by atoms with Crippen LogP contribution < -0.4 is 9.62 Å². The number of carbonyl (C=O) groups excluding carboxylic acids is 2. The summed E-state index contributed by atoms with van der Waals surface area (Å²) in [5, 5.41) is 3.26. The molecule has 2 amide bonds. The van der Waals surface area contributed by atoms with Gasteiger partial charge in [0, 0.05) is 18.1 Å². The van der Waals surface area contributed by atoms with E-state index in [0.29, 0.717) is 22.8 Å². The molecule has 0 aromatic heterocycles. The molecule has 2 aromatic rings. The molecule has 174 valence electrons. The van der Waals surface area contributed by atoms with Crippen molar-refractivity contribution >= 4 is 39.1 Å². The van der Waals surface area contributed by atoms with Crippen LogP contribution in [0.2, 0.25) is 5.02 Å². The van der Waals surface area contributed by atoms with Crippen molar-refractivity contribution in [3.63, 3.8) is 0 Å². The molecular weight excluding hydrogens is 450 g/mol. The quantitative estimate of drug-likeness (QED) is 0.566. The molecule has 0 radical (unpaired) electrons. The Balaban J connectivity index is 2.40. The van der Waals surface area contributed by atoms with E-state index in [0.717, 1.165) is 22.5 Å². The third-order valence-electron chi connectivity index (χ3n) is 5.08. The summed E-state index contributed by atoms with van der Waals surface area (Å²) in [5.41, 5.74) is 1.81. The number of para-hydroxylation sites is 1. The highest BCUT2D eigenvalue weighted by molar-refractivity contribution is 7.92. The van der Waals surface area contributed by atoms with Gasteiger partial charge in [0.25, 0.3) is 0 Å². The average molecular weight is 480 g/mol. The molecule has 0 heterocycles. The first-order valence-corrected chi connectivity index (χ1v) is 12.6. The molecule has 0 unspecified atom stereocenters. The third-order valence-corrected chi connectivity index (χ3v) is 6.57. The van der Waals surface area contributed by atoms with Crippen LogP contribution in [0, 0.1) is 6.92 Å². The molecule has 32 heavy (non-hydrogen) atoms. The van der Waals surface area contributed by atoms with Crippen LogP contribution in [0.25, 0.3) is 0 Å². The number of hydrogen-bond donors (Lipinski definition) is 1. The van der Waals surface area contributed by atoms with E-state index in [1.807, 2.05) is 6.92 Å². The second-order valence-corrected chi connectivity index (χ2v) is 9.95. The number of aryl methyl sites for hydroxylation is 1. The summed E-state index contributed by atoms with van der Waals surface area (Å²) in [6, 6.07) is 13.2. The molecule has 0 saturated heterocycles. The van der Waals surface area contributed by atoms with Gasteiger partial charge in [-0.2, -0.15) is 0 Å². The third kappa shape index (κ3) is 6.71. The van der Waals surface area contributed by atoms with Crippen molar-refractivity contribution in [1.29, 1.82) is 0 Å².